The van der Waals surface area contributed by atoms with Crippen molar-refractivity contribution < 1.29 is 4.79 Å². The van der Waals surface area contributed by atoms with Crippen molar-refractivity contribution in [2.24, 2.45) is 5.92 Å². The number of hydrogen-bond donors (Lipinski definition) is 1. The summed E-state index contributed by atoms with van der Waals surface area (Å²) < 4.78 is 0. The third-order valence-electron chi connectivity index (χ3n) is 3.76. The van der Waals surface area contributed by atoms with Crippen LogP contribution < -0.4 is 5.32 Å². The molecule has 1 aliphatic carbocycles. The quantitative estimate of drug-likeness (QED) is 0.739. The van der Waals surface area contributed by atoms with E-state index in [0.29, 0.717) is 17.9 Å². The van der Waals surface area contributed by atoms with E-state index in [1.807, 2.05) is 4.90 Å². The summed E-state index contributed by atoms with van der Waals surface area (Å²) in [6.07, 6.45) is 4.78. The maximum atomic E-state index is 12.0. The van der Waals surface area contributed by atoms with Gasteiger partial charge in [0, 0.05) is 6.04 Å². The molecule has 0 radical (unpaired) electrons. The van der Waals surface area contributed by atoms with Gasteiger partial charge in [0.1, 0.15) is 0 Å². The smallest absolute Gasteiger partial charge is 0.241 e. The van der Waals surface area contributed by atoms with Crippen LogP contribution >= 0.6 is 0 Å². The van der Waals surface area contributed by atoms with Crippen molar-refractivity contribution >= 4 is 5.91 Å². The number of nitrogens with one attached hydrogen (secondary N) is 1. The van der Waals surface area contributed by atoms with Crippen molar-refractivity contribution in [3.05, 3.63) is 0 Å². The van der Waals surface area contributed by atoms with Gasteiger partial charge in [-0.1, -0.05) is 20.3 Å². The molecule has 0 bridgehead atoms. The fourth-order valence-electron chi connectivity index (χ4n) is 2.23. The Labute approximate surface area is 85.8 Å². The van der Waals surface area contributed by atoms with Crippen molar-refractivity contribution in [2.45, 2.75) is 51.6 Å². The molecular weight excluding hydrogens is 176 g/mol. The van der Waals surface area contributed by atoms with Gasteiger partial charge in [-0.25, -0.2) is 0 Å². The minimum Gasteiger partial charge on any atom is -0.326 e. The topological polar surface area (TPSA) is 32.3 Å². The number of carbonyl (C=O) groups is 1. The molecule has 14 heavy (non-hydrogen) atoms. The van der Waals surface area contributed by atoms with E-state index in [0.717, 1.165) is 13.1 Å². The van der Waals surface area contributed by atoms with Crippen LogP contribution in [0.5, 0.6) is 0 Å². The molecule has 3 nitrogen and oxygen atoms in total. The Hall–Kier alpha value is -0.570. The predicted octanol–water partition coefficient (Wildman–Crippen LogP) is 1.34. The first-order chi connectivity index (χ1) is 6.74. The minimum atomic E-state index is 0.0839. The maximum absolute atomic E-state index is 12.0. The number of nitrogens with zero attached hydrogens (tertiary/aromatic N) is 1. The summed E-state index contributed by atoms with van der Waals surface area (Å²) in [6.45, 7) is 5.07. The van der Waals surface area contributed by atoms with Crippen molar-refractivity contribution in [3.8, 4) is 0 Å². The molecule has 2 rings (SSSR count). The van der Waals surface area contributed by atoms with E-state index in [9.17, 15) is 4.79 Å². The van der Waals surface area contributed by atoms with Crippen molar-refractivity contribution in [1.82, 2.24) is 10.2 Å². The summed E-state index contributed by atoms with van der Waals surface area (Å²) >= 11 is 0. The summed E-state index contributed by atoms with van der Waals surface area (Å²) in [7, 11) is 0. The highest BCUT2D eigenvalue weighted by Crippen LogP contribution is 2.28. The molecule has 1 heterocycles. The van der Waals surface area contributed by atoms with Crippen LogP contribution in [-0.2, 0) is 4.79 Å². The third kappa shape index (κ3) is 1.54. The van der Waals surface area contributed by atoms with Crippen molar-refractivity contribution in [3.63, 3.8) is 0 Å². The van der Waals surface area contributed by atoms with Gasteiger partial charge in [-0.2, -0.15) is 0 Å². The van der Waals surface area contributed by atoms with Gasteiger partial charge in [0.25, 0.3) is 0 Å². The highest BCUT2D eigenvalue weighted by atomic mass is 16.2. The molecule has 2 unspecified atom stereocenters. The molecule has 0 aromatic carbocycles. The number of rotatable bonds is 3. The molecule has 1 aliphatic heterocycles. The Morgan fingerprint density at radius 2 is 2.29 bits per heavy atom. The number of hydrogen-bond acceptors (Lipinski definition) is 2. The van der Waals surface area contributed by atoms with Crippen LogP contribution in [0.25, 0.3) is 0 Å². The van der Waals surface area contributed by atoms with Crippen LogP contribution in [0.4, 0.5) is 0 Å². The van der Waals surface area contributed by atoms with E-state index in [4.69, 9.17) is 0 Å². The van der Waals surface area contributed by atoms with E-state index in [2.05, 4.69) is 19.2 Å². The van der Waals surface area contributed by atoms with Crippen molar-refractivity contribution in [2.75, 3.05) is 6.67 Å². The molecule has 2 atom stereocenters. The highest BCUT2D eigenvalue weighted by Gasteiger charge is 2.39. The van der Waals surface area contributed by atoms with E-state index in [-0.39, 0.29) is 6.04 Å². The first-order valence-electron chi connectivity index (χ1n) is 5.78. The van der Waals surface area contributed by atoms with Gasteiger partial charge in [-0.05, 0) is 25.2 Å². The Morgan fingerprint density at radius 3 is 2.79 bits per heavy atom. The van der Waals surface area contributed by atoms with E-state index in [1.54, 1.807) is 0 Å². The Morgan fingerprint density at radius 1 is 1.57 bits per heavy atom. The summed E-state index contributed by atoms with van der Waals surface area (Å²) in [5, 5.41) is 3.33. The summed E-state index contributed by atoms with van der Waals surface area (Å²) in [4.78, 5) is 14.0. The molecule has 1 N–H and O–H groups in total. The second kappa shape index (κ2) is 3.89. The zero-order valence-electron chi connectivity index (χ0n) is 9.12. The molecule has 2 fully saturated rings. The van der Waals surface area contributed by atoms with Crippen LogP contribution in [0.3, 0.4) is 0 Å². The average Bonchev–Trinajstić information content (AvgIpc) is 2.45. The van der Waals surface area contributed by atoms with Crippen LogP contribution in [0.1, 0.15) is 39.5 Å². The second-order valence-corrected chi connectivity index (χ2v) is 4.62. The summed E-state index contributed by atoms with van der Waals surface area (Å²) in [5.74, 6) is 0.802. The Balaban J connectivity index is 1.95. The largest absolute Gasteiger partial charge is 0.326 e. The summed E-state index contributed by atoms with van der Waals surface area (Å²) in [6, 6.07) is 0.629. The lowest BCUT2D eigenvalue weighted by Crippen LogP contribution is -2.43. The van der Waals surface area contributed by atoms with Crippen LogP contribution in [-0.4, -0.2) is 29.6 Å². The Kier molecular flexibility index (Phi) is 2.77. The predicted molar refractivity (Wildman–Crippen MR) is 55.7 cm³/mol. The van der Waals surface area contributed by atoms with Gasteiger partial charge >= 0.3 is 0 Å². The average molecular weight is 196 g/mol. The van der Waals surface area contributed by atoms with Gasteiger partial charge in [0.15, 0.2) is 0 Å². The van der Waals surface area contributed by atoms with Gasteiger partial charge in [-0.15, -0.1) is 0 Å². The SMILES string of the molecule is CCC(C)C1NCN(C2CCC2)C1=O. The standard InChI is InChI=1S/C11H20N2O/c1-3-8(2)10-11(14)13(7-12-10)9-5-4-6-9/h8-10,12H,3-7H2,1-2H3. The zero-order valence-corrected chi connectivity index (χ0v) is 9.12. The minimum absolute atomic E-state index is 0.0839. The van der Waals surface area contributed by atoms with Gasteiger partial charge in [-0.3, -0.25) is 10.1 Å². The van der Waals surface area contributed by atoms with Crippen LogP contribution in [0, 0.1) is 5.92 Å². The molecule has 80 valence electrons. The molecule has 3 heteroatoms. The van der Waals surface area contributed by atoms with E-state index >= 15 is 0 Å². The second-order valence-electron chi connectivity index (χ2n) is 4.62. The van der Waals surface area contributed by atoms with Gasteiger partial charge in [0.05, 0.1) is 12.7 Å². The zero-order chi connectivity index (χ0) is 10.1. The molecule has 0 spiro atoms. The van der Waals surface area contributed by atoms with Gasteiger partial charge in [0.2, 0.25) is 5.91 Å². The number of amides is 1. The molecular formula is C11H20N2O. The molecule has 1 saturated heterocycles. The molecule has 0 aromatic rings. The Bertz CT molecular complexity index is 211. The van der Waals surface area contributed by atoms with Gasteiger partial charge < -0.3 is 4.90 Å². The third-order valence-corrected chi connectivity index (χ3v) is 3.76. The van der Waals surface area contributed by atoms with E-state index < -0.39 is 0 Å². The first-order valence-corrected chi connectivity index (χ1v) is 5.78. The number of carbonyl (C=O) groups excluding carboxylic acids is 1. The maximum Gasteiger partial charge on any atom is 0.241 e. The lowest BCUT2D eigenvalue weighted by Gasteiger charge is -2.34. The molecule has 1 saturated carbocycles. The normalized spacial score (nSPS) is 30.6. The fourth-order valence-corrected chi connectivity index (χ4v) is 2.23. The summed E-state index contributed by atoms with van der Waals surface area (Å²) in [5.41, 5.74) is 0. The lowest BCUT2D eigenvalue weighted by atomic mass is 9.91. The highest BCUT2D eigenvalue weighted by molar-refractivity contribution is 5.84. The van der Waals surface area contributed by atoms with Crippen LogP contribution in [0.15, 0.2) is 0 Å². The lowest BCUT2D eigenvalue weighted by molar-refractivity contribution is -0.133. The first kappa shape index (κ1) is 9.97. The van der Waals surface area contributed by atoms with E-state index in [1.165, 1.54) is 19.3 Å². The monoisotopic (exact) mass is 196 g/mol. The molecule has 1 amide bonds. The molecule has 2 aliphatic rings. The fraction of sp³-hybridized carbons (Fsp3) is 0.909. The van der Waals surface area contributed by atoms with Crippen LogP contribution in [0.2, 0.25) is 0 Å². The van der Waals surface area contributed by atoms with Crippen molar-refractivity contribution in [1.29, 1.82) is 0 Å². The molecule has 0 aromatic heterocycles.